The second kappa shape index (κ2) is 10.0. The second-order valence-corrected chi connectivity index (χ2v) is 6.40. The number of carbonyl (C=O) groups is 1. The minimum absolute atomic E-state index is 0. The van der Waals surface area contributed by atoms with Gasteiger partial charge in [0.05, 0.1) is 17.9 Å². The summed E-state index contributed by atoms with van der Waals surface area (Å²) >= 11 is 0. The van der Waals surface area contributed by atoms with Gasteiger partial charge in [0.25, 0.3) is 0 Å². The fourth-order valence-electron chi connectivity index (χ4n) is 2.82. The van der Waals surface area contributed by atoms with Gasteiger partial charge in [-0.25, -0.2) is 0 Å². The van der Waals surface area contributed by atoms with Crippen LogP contribution >= 0.6 is 24.8 Å². The summed E-state index contributed by atoms with van der Waals surface area (Å²) in [4.78, 5) is 14.4. The van der Waals surface area contributed by atoms with Crippen molar-refractivity contribution < 1.29 is 4.79 Å². The van der Waals surface area contributed by atoms with Crippen molar-refractivity contribution in [3.8, 4) is 0 Å². The summed E-state index contributed by atoms with van der Waals surface area (Å²) in [7, 11) is 1.91. The number of nitrogens with two attached hydrogens (primary N) is 1. The molecule has 8 heteroatoms. The molecule has 1 aliphatic heterocycles. The van der Waals surface area contributed by atoms with Crippen LogP contribution in [-0.4, -0.2) is 40.9 Å². The number of carbonyl (C=O) groups excluding carboxylic acids is 1. The van der Waals surface area contributed by atoms with Gasteiger partial charge in [0.1, 0.15) is 0 Å². The monoisotopic (exact) mass is 365 g/mol. The van der Waals surface area contributed by atoms with Crippen molar-refractivity contribution in [1.29, 1.82) is 0 Å². The molecule has 0 radical (unpaired) electrons. The minimum atomic E-state index is -0.404. The molecule has 2 atom stereocenters. The Bertz CT molecular complexity index is 480. The predicted molar refractivity (Wildman–Crippen MR) is 98.5 cm³/mol. The van der Waals surface area contributed by atoms with E-state index in [1.54, 1.807) is 4.68 Å². The van der Waals surface area contributed by atoms with Crippen LogP contribution in [0.2, 0.25) is 0 Å². The molecule has 0 aromatic carbocycles. The van der Waals surface area contributed by atoms with Crippen LogP contribution in [0.25, 0.3) is 0 Å². The number of aromatic nitrogens is 2. The summed E-state index contributed by atoms with van der Waals surface area (Å²) in [6.45, 7) is 6.00. The Morgan fingerprint density at radius 3 is 2.74 bits per heavy atom. The number of nitrogens with one attached hydrogen (secondary N) is 1. The Morgan fingerprint density at radius 1 is 1.48 bits per heavy atom. The van der Waals surface area contributed by atoms with Gasteiger partial charge in [0.15, 0.2) is 0 Å². The number of hydrogen-bond donors (Lipinski definition) is 2. The topological polar surface area (TPSA) is 76.2 Å². The zero-order chi connectivity index (χ0) is 15.4. The van der Waals surface area contributed by atoms with E-state index in [1.807, 2.05) is 19.4 Å². The van der Waals surface area contributed by atoms with Crippen LogP contribution in [0.1, 0.15) is 33.1 Å². The van der Waals surface area contributed by atoms with Gasteiger partial charge in [-0.15, -0.1) is 24.8 Å². The van der Waals surface area contributed by atoms with E-state index in [2.05, 4.69) is 29.2 Å². The Kier molecular flexibility index (Phi) is 9.58. The van der Waals surface area contributed by atoms with Crippen LogP contribution in [0.3, 0.4) is 0 Å². The second-order valence-electron chi connectivity index (χ2n) is 6.40. The van der Waals surface area contributed by atoms with Gasteiger partial charge in [-0.2, -0.15) is 5.10 Å². The van der Waals surface area contributed by atoms with Crippen molar-refractivity contribution in [1.82, 2.24) is 15.1 Å². The zero-order valence-corrected chi connectivity index (χ0v) is 15.7. The quantitative estimate of drug-likeness (QED) is 0.832. The first-order valence-electron chi connectivity index (χ1n) is 7.75. The highest BCUT2D eigenvalue weighted by Gasteiger charge is 2.24. The molecule has 6 nitrogen and oxygen atoms in total. The average molecular weight is 366 g/mol. The molecule has 0 saturated carbocycles. The average Bonchev–Trinajstić information content (AvgIpc) is 2.85. The number of anilines is 1. The standard InChI is InChI=1S/C15H27N5O.2ClH/c1-11(2)7-14(16)15(21)18-12-5-4-6-20(9-12)13-8-17-19(3)10-13;;/h8,10-12,14H,4-7,9,16H2,1-3H3,(H,18,21);2*1H/t12?,14-;;/m0../s1. The molecule has 134 valence electrons. The molecule has 0 aliphatic carbocycles. The van der Waals surface area contributed by atoms with E-state index in [0.717, 1.165) is 38.0 Å². The van der Waals surface area contributed by atoms with Gasteiger partial charge in [-0.05, 0) is 25.2 Å². The maximum atomic E-state index is 12.1. The lowest BCUT2D eigenvalue weighted by atomic mass is 10.0. The summed E-state index contributed by atoms with van der Waals surface area (Å²) in [6.07, 6.45) is 6.68. The number of amides is 1. The molecule has 1 fully saturated rings. The fraction of sp³-hybridized carbons (Fsp3) is 0.733. The van der Waals surface area contributed by atoms with Crippen LogP contribution in [0, 0.1) is 5.92 Å². The highest BCUT2D eigenvalue weighted by molar-refractivity contribution is 5.85. The van der Waals surface area contributed by atoms with Crippen molar-refractivity contribution in [3.05, 3.63) is 12.4 Å². The highest BCUT2D eigenvalue weighted by Crippen LogP contribution is 2.19. The SMILES string of the molecule is CC(C)C[C@H](N)C(=O)NC1CCCN(c2cnn(C)c2)C1.Cl.Cl. The molecule has 1 aromatic rings. The van der Waals surface area contributed by atoms with Gasteiger partial charge in [0.2, 0.25) is 5.91 Å². The molecule has 1 unspecified atom stereocenters. The van der Waals surface area contributed by atoms with Gasteiger partial charge < -0.3 is 16.0 Å². The number of halogens is 2. The van der Waals surface area contributed by atoms with Gasteiger partial charge in [-0.1, -0.05) is 13.8 Å². The maximum absolute atomic E-state index is 12.1. The largest absolute Gasteiger partial charge is 0.367 e. The van der Waals surface area contributed by atoms with Crippen LogP contribution in [0.15, 0.2) is 12.4 Å². The summed E-state index contributed by atoms with van der Waals surface area (Å²) in [5.41, 5.74) is 7.06. The Morgan fingerprint density at radius 2 is 2.17 bits per heavy atom. The first kappa shape index (κ1) is 22.0. The maximum Gasteiger partial charge on any atom is 0.237 e. The molecule has 0 spiro atoms. The van der Waals surface area contributed by atoms with Crippen LogP contribution < -0.4 is 16.0 Å². The molecule has 2 rings (SSSR count). The molecule has 3 N–H and O–H groups in total. The zero-order valence-electron chi connectivity index (χ0n) is 14.1. The number of aryl methyl sites for hydroxylation is 1. The molecule has 0 bridgehead atoms. The third kappa shape index (κ3) is 6.57. The van der Waals surface area contributed by atoms with Gasteiger partial charge in [0, 0.05) is 32.4 Å². The first-order chi connectivity index (χ1) is 9.95. The summed E-state index contributed by atoms with van der Waals surface area (Å²) in [6, 6.07) is -0.233. The van der Waals surface area contributed by atoms with E-state index in [9.17, 15) is 4.79 Å². The number of nitrogens with zero attached hydrogens (tertiary/aromatic N) is 3. The molecular weight excluding hydrogens is 337 g/mol. The van der Waals surface area contributed by atoms with Crippen molar-refractivity contribution in [2.45, 2.75) is 45.2 Å². The fourth-order valence-corrected chi connectivity index (χ4v) is 2.82. The summed E-state index contributed by atoms with van der Waals surface area (Å²) < 4.78 is 1.80. The molecule has 23 heavy (non-hydrogen) atoms. The Labute approximate surface area is 151 Å². The van der Waals surface area contributed by atoms with Crippen molar-refractivity contribution in [3.63, 3.8) is 0 Å². The van der Waals surface area contributed by atoms with E-state index >= 15 is 0 Å². The molecule has 1 aliphatic rings. The molecule has 1 saturated heterocycles. The van der Waals surface area contributed by atoms with Gasteiger partial charge >= 0.3 is 0 Å². The van der Waals surface area contributed by atoms with Crippen molar-refractivity contribution >= 4 is 36.4 Å². The smallest absolute Gasteiger partial charge is 0.237 e. The molecule has 1 aromatic heterocycles. The number of rotatable bonds is 5. The van der Waals surface area contributed by atoms with Crippen LogP contribution in [0.4, 0.5) is 5.69 Å². The van der Waals surface area contributed by atoms with E-state index in [0.29, 0.717) is 5.92 Å². The van der Waals surface area contributed by atoms with Crippen LogP contribution in [0.5, 0.6) is 0 Å². The molecule has 2 heterocycles. The van der Waals surface area contributed by atoms with E-state index < -0.39 is 6.04 Å². The lowest BCUT2D eigenvalue weighted by Gasteiger charge is -2.34. The van der Waals surface area contributed by atoms with Crippen LogP contribution in [-0.2, 0) is 11.8 Å². The minimum Gasteiger partial charge on any atom is -0.367 e. The highest BCUT2D eigenvalue weighted by atomic mass is 35.5. The lowest BCUT2D eigenvalue weighted by Crippen LogP contribution is -2.52. The normalized spacial score (nSPS) is 18.8. The predicted octanol–water partition coefficient (Wildman–Crippen LogP) is 1.72. The van der Waals surface area contributed by atoms with Crippen molar-refractivity contribution in [2.24, 2.45) is 18.7 Å². The van der Waals surface area contributed by atoms with Gasteiger partial charge in [-0.3, -0.25) is 9.48 Å². The summed E-state index contributed by atoms with van der Waals surface area (Å²) in [5.74, 6) is 0.408. The van der Waals surface area contributed by atoms with E-state index in [4.69, 9.17) is 5.73 Å². The summed E-state index contributed by atoms with van der Waals surface area (Å²) in [5, 5.41) is 7.30. The third-order valence-corrected chi connectivity index (χ3v) is 3.89. The lowest BCUT2D eigenvalue weighted by molar-refractivity contribution is -0.123. The van der Waals surface area contributed by atoms with E-state index in [1.165, 1.54) is 0 Å². The molecular formula is C15H29Cl2N5O. The number of hydrogen-bond acceptors (Lipinski definition) is 4. The Hall–Kier alpha value is -0.980. The Balaban J connectivity index is 0.00000242. The molecule has 1 amide bonds. The van der Waals surface area contributed by atoms with Crippen molar-refractivity contribution in [2.75, 3.05) is 18.0 Å². The number of piperidine rings is 1. The van der Waals surface area contributed by atoms with E-state index in [-0.39, 0.29) is 36.8 Å². The first-order valence-corrected chi connectivity index (χ1v) is 7.75. The third-order valence-electron chi connectivity index (χ3n) is 3.89.